The van der Waals surface area contributed by atoms with Crippen molar-refractivity contribution < 1.29 is 9.26 Å². The number of hydrogen-bond donors (Lipinski definition) is 1. The maximum Gasteiger partial charge on any atom is 0.258 e. The van der Waals surface area contributed by atoms with Gasteiger partial charge in [0.25, 0.3) is 5.89 Å². The molecule has 114 valence electrons. The summed E-state index contributed by atoms with van der Waals surface area (Å²) in [6.07, 6.45) is 0.968. The number of benzene rings is 1. The summed E-state index contributed by atoms with van der Waals surface area (Å²) in [6.45, 7) is 8.90. The molecule has 2 rings (SSSR count). The van der Waals surface area contributed by atoms with Crippen molar-refractivity contribution in [3.8, 4) is 17.2 Å². The minimum absolute atomic E-state index is 0.118. The topological polar surface area (TPSA) is 74.2 Å². The molecule has 0 amide bonds. The summed E-state index contributed by atoms with van der Waals surface area (Å²) < 4.78 is 10.9. The molecule has 1 atom stereocenters. The minimum Gasteiger partial charge on any atom is -0.494 e. The Morgan fingerprint density at radius 1 is 1.33 bits per heavy atom. The Morgan fingerprint density at radius 3 is 2.76 bits per heavy atom. The summed E-state index contributed by atoms with van der Waals surface area (Å²) >= 11 is 0. The van der Waals surface area contributed by atoms with E-state index in [4.69, 9.17) is 15.0 Å². The van der Waals surface area contributed by atoms with Crippen LogP contribution in [0, 0.1) is 5.41 Å². The van der Waals surface area contributed by atoms with Gasteiger partial charge < -0.3 is 15.0 Å². The molecule has 1 unspecified atom stereocenters. The summed E-state index contributed by atoms with van der Waals surface area (Å²) in [6, 6.07) is 7.37. The van der Waals surface area contributed by atoms with Crippen LogP contribution in [0.25, 0.3) is 11.5 Å². The fraction of sp³-hybridized carbons (Fsp3) is 0.500. The molecule has 0 spiro atoms. The molecule has 5 heteroatoms. The van der Waals surface area contributed by atoms with Crippen LogP contribution in [0.3, 0.4) is 0 Å². The zero-order valence-corrected chi connectivity index (χ0v) is 13.1. The molecule has 0 saturated carbocycles. The Hall–Kier alpha value is -1.88. The normalized spacial score (nSPS) is 13.2. The highest BCUT2D eigenvalue weighted by Crippen LogP contribution is 2.30. The van der Waals surface area contributed by atoms with Gasteiger partial charge >= 0.3 is 0 Å². The first-order chi connectivity index (χ1) is 9.91. The van der Waals surface area contributed by atoms with Gasteiger partial charge in [-0.25, -0.2) is 0 Å². The Bertz CT molecular complexity index is 587. The van der Waals surface area contributed by atoms with E-state index >= 15 is 0 Å². The third-order valence-corrected chi connectivity index (χ3v) is 3.21. The molecule has 0 radical (unpaired) electrons. The molecule has 0 aliphatic carbocycles. The Balaban J connectivity index is 2.21. The van der Waals surface area contributed by atoms with E-state index in [0.717, 1.165) is 17.7 Å². The molecule has 0 aliphatic rings. The molecule has 1 heterocycles. The van der Waals surface area contributed by atoms with Gasteiger partial charge in [-0.05, 0) is 30.0 Å². The van der Waals surface area contributed by atoms with E-state index in [1.54, 1.807) is 0 Å². The summed E-state index contributed by atoms with van der Waals surface area (Å²) in [4.78, 5) is 4.41. The number of rotatable bonds is 5. The molecule has 0 saturated heterocycles. The van der Waals surface area contributed by atoms with Crippen molar-refractivity contribution in [2.75, 3.05) is 6.61 Å². The molecule has 0 fully saturated rings. The van der Waals surface area contributed by atoms with Crippen LogP contribution in [0.4, 0.5) is 0 Å². The van der Waals surface area contributed by atoms with E-state index in [9.17, 15) is 0 Å². The number of ether oxygens (including phenoxy) is 1. The van der Waals surface area contributed by atoms with Crippen LogP contribution in [0.5, 0.6) is 5.75 Å². The first-order valence-electron chi connectivity index (χ1n) is 7.24. The molecule has 2 aromatic rings. The predicted molar refractivity (Wildman–Crippen MR) is 81.9 cm³/mol. The lowest BCUT2D eigenvalue weighted by Crippen LogP contribution is -2.27. The minimum atomic E-state index is -0.269. The molecule has 0 aliphatic heterocycles. The highest BCUT2D eigenvalue weighted by molar-refractivity contribution is 5.55. The van der Waals surface area contributed by atoms with E-state index in [-0.39, 0.29) is 11.5 Å². The van der Waals surface area contributed by atoms with Gasteiger partial charge in [0.2, 0.25) is 0 Å². The van der Waals surface area contributed by atoms with Gasteiger partial charge in [0.05, 0.1) is 12.6 Å². The first kappa shape index (κ1) is 15.5. The Morgan fingerprint density at radius 2 is 2.10 bits per heavy atom. The SMILES string of the molecule is CCCOc1cccc(-c2nc(C(N)C(C)(C)C)no2)c1. The van der Waals surface area contributed by atoms with Gasteiger partial charge in [0.15, 0.2) is 5.82 Å². The molecular weight excluding hydrogens is 266 g/mol. The summed E-state index contributed by atoms with van der Waals surface area (Å²) in [5.74, 6) is 1.79. The van der Waals surface area contributed by atoms with Crippen LogP contribution in [-0.2, 0) is 0 Å². The van der Waals surface area contributed by atoms with Crippen molar-refractivity contribution in [1.82, 2.24) is 10.1 Å². The van der Waals surface area contributed by atoms with Crippen LogP contribution < -0.4 is 10.5 Å². The smallest absolute Gasteiger partial charge is 0.258 e. The largest absolute Gasteiger partial charge is 0.494 e. The van der Waals surface area contributed by atoms with E-state index in [0.29, 0.717) is 18.3 Å². The van der Waals surface area contributed by atoms with Crippen molar-refractivity contribution in [2.45, 2.75) is 40.2 Å². The summed E-state index contributed by atoms with van der Waals surface area (Å²) in [5.41, 5.74) is 6.87. The number of nitrogens with two attached hydrogens (primary N) is 1. The van der Waals surface area contributed by atoms with Crippen LogP contribution in [0.1, 0.15) is 46.0 Å². The van der Waals surface area contributed by atoms with Crippen LogP contribution in [0.2, 0.25) is 0 Å². The Kier molecular flexibility index (Phi) is 4.63. The van der Waals surface area contributed by atoms with Gasteiger partial charge in [0, 0.05) is 5.56 Å². The Labute approximate surface area is 125 Å². The molecule has 2 N–H and O–H groups in total. The molecule has 1 aromatic carbocycles. The predicted octanol–water partition coefficient (Wildman–Crippen LogP) is 3.57. The zero-order chi connectivity index (χ0) is 15.5. The van der Waals surface area contributed by atoms with E-state index in [2.05, 4.69) is 17.1 Å². The average Bonchev–Trinajstić information content (AvgIpc) is 2.93. The van der Waals surface area contributed by atoms with Gasteiger partial charge in [0.1, 0.15) is 5.75 Å². The van der Waals surface area contributed by atoms with Crippen molar-refractivity contribution in [1.29, 1.82) is 0 Å². The molecule has 21 heavy (non-hydrogen) atoms. The van der Waals surface area contributed by atoms with Crippen LogP contribution >= 0.6 is 0 Å². The molecule has 0 bridgehead atoms. The lowest BCUT2D eigenvalue weighted by Gasteiger charge is -2.23. The lowest BCUT2D eigenvalue weighted by molar-refractivity contribution is 0.303. The van der Waals surface area contributed by atoms with E-state index in [1.165, 1.54) is 0 Å². The van der Waals surface area contributed by atoms with Gasteiger partial charge in [-0.2, -0.15) is 4.98 Å². The lowest BCUT2D eigenvalue weighted by atomic mass is 9.87. The van der Waals surface area contributed by atoms with E-state index in [1.807, 2.05) is 45.0 Å². The van der Waals surface area contributed by atoms with Crippen molar-refractivity contribution in [3.05, 3.63) is 30.1 Å². The first-order valence-corrected chi connectivity index (χ1v) is 7.24. The number of hydrogen-bond acceptors (Lipinski definition) is 5. The quantitative estimate of drug-likeness (QED) is 0.910. The molecular formula is C16H23N3O2. The fourth-order valence-corrected chi connectivity index (χ4v) is 1.80. The van der Waals surface area contributed by atoms with Gasteiger partial charge in [-0.1, -0.05) is 38.9 Å². The van der Waals surface area contributed by atoms with Crippen LogP contribution in [-0.4, -0.2) is 16.7 Å². The third kappa shape index (κ3) is 3.82. The zero-order valence-electron chi connectivity index (χ0n) is 13.1. The highest BCUT2D eigenvalue weighted by atomic mass is 16.5. The maximum absolute atomic E-state index is 6.15. The summed E-state index contributed by atoms with van der Waals surface area (Å²) in [5, 5.41) is 4.00. The standard InChI is InChI=1S/C16H23N3O2/c1-5-9-20-12-8-6-7-11(10-12)15-18-14(19-21-15)13(17)16(2,3)4/h6-8,10,13H,5,9,17H2,1-4H3. The van der Waals surface area contributed by atoms with Crippen LogP contribution in [0.15, 0.2) is 28.8 Å². The second-order valence-corrected chi connectivity index (χ2v) is 6.18. The van der Waals surface area contributed by atoms with Crippen molar-refractivity contribution in [2.24, 2.45) is 11.1 Å². The average molecular weight is 289 g/mol. The van der Waals surface area contributed by atoms with Gasteiger partial charge in [-0.15, -0.1) is 0 Å². The number of aromatic nitrogens is 2. The monoisotopic (exact) mass is 289 g/mol. The maximum atomic E-state index is 6.15. The van der Waals surface area contributed by atoms with Crippen molar-refractivity contribution >= 4 is 0 Å². The number of nitrogens with zero attached hydrogens (tertiary/aromatic N) is 2. The highest BCUT2D eigenvalue weighted by Gasteiger charge is 2.27. The second-order valence-electron chi connectivity index (χ2n) is 6.18. The third-order valence-electron chi connectivity index (χ3n) is 3.21. The fourth-order valence-electron chi connectivity index (χ4n) is 1.80. The van der Waals surface area contributed by atoms with Crippen molar-refractivity contribution in [3.63, 3.8) is 0 Å². The molecule has 5 nitrogen and oxygen atoms in total. The summed E-state index contributed by atoms with van der Waals surface area (Å²) in [7, 11) is 0. The van der Waals surface area contributed by atoms with Gasteiger partial charge in [-0.3, -0.25) is 0 Å². The second kappa shape index (κ2) is 6.26. The van der Waals surface area contributed by atoms with E-state index < -0.39 is 0 Å². The molecule has 1 aromatic heterocycles.